The van der Waals surface area contributed by atoms with Gasteiger partial charge in [0, 0.05) is 27.7 Å². The molecule has 4 rings (SSSR count). The van der Waals surface area contributed by atoms with Crippen LogP contribution in [0.2, 0.25) is 5.02 Å². The van der Waals surface area contributed by atoms with Crippen LogP contribution in [0.15, 0.2) is 42.7 Å². The lowest BCUT2D eigenvalue weighted by Crippen LogP contribution is -2.07. The Kier molecular flexibility index (Phi) is 4.38. The number of aromatic nitrogens is 3. The van der Waals surface area contributed by atoms with Gasteiger partial charge in [-0.1, -0.05) is 29.8 Å². The Bertz CT molecular complexity index is 1120. The third-order valence-electron chi connectivity index (χ3n) is 4.09. The number of fused-ring (bicyclic) bond motifs is 2. The molecule has 0 amide bonds. The van der Waals surface area contributed by atoms with E-state index >= 15 is 0 Å². The van der Waals surface area contributed by atoms with Crippen molar-refractivity contribution in [1.82, 2.24) is 14.8 Å². The monoisotopic (exact) mass is 385 g/mol. The largest absolute Gasteiger partial charge is 0.456 e. The third-order valence-corrected chi connectivity index (χ3v) is 5.78. The molecule has 0 aliphatic heterocycles. The molecule has 5 nitrogen and oxygen atoms in total. The molecule has 1 aromatic carbocycles. The molecular weight excluding hydrogens is 370 g/mol. The van der Waals surface area contributed by atoms with Gasteiger partial charge in [0.2, 0.25) is 0 Å². The molecule has 26 heavy (non-hydrogen) atoms. The zero-order valence-electron chi connectivity index (χ0n) is 14.3. The summed E-state index contributed by atoms with van der Waals surface area (Å²) < 4.78 is 8.34. The SMILES string of the molecule is CC(C)n1ncc2cc(C(=O)OCc3sc4ccccc4c3Cl)cnc21. The Morgan fingerprint density at radius 3 is 2.88 bits per heavy atom. The van der Waals surface area contributed by atoms with Gasteiger partial charge in [-0.05, 0) is 26.0 Å². The first kappa shape index (κ1) is 17.0. The predicted molar refractivity (Wildman–Crippen MR) is 104 cm³/mol. The highest BCUT2D eigenvalue weighted by molar-refractivity contribution is 7.19. The third kappa shape index (κ3) is 2.95. The number of pyridine rings is 1. The second kappa shape index (κ2) is 6.70. The number of rotatable bonds is 4. The maximum absolute atomic E-state index is 12.4. The highest BCUT2D eigenvalue weighted by atomic mass is 35.5. The summed E-state index contributed by atoms with van der Waals surface area (Å²) in [6.07, 6.45) is 3.24. The lowest BCUT2D eigenvalue weighted by Gasteiger charge is -2.07. The first-order valence-electron chi connectivity index (χ1n) is 8.21. The van der Waals surface area contributed by atoms with Crippen LogP contribution in [0.3, 0.4) is 0 Å². The quantitative estimate of drug-likeness (QED) is 0.451. The topological polar surface area (TPSA) is 57.0 Å². The fourth-order valence-electron chi connectivity index (χ4n) is 2.80. The van der Waals surface area contributed by atoms with Crippen molar-refractivity contribution in [1.29, 1.82) is 0 Å². The van der Waals surface area contributed by atoms with Crippen molar-refractivity contribution in [3.63, 3.8) is 0 Å². The number of hydrogen-bond acceptors (Lipinski definition) is 5. The molecule has 0 spiro atoms. The molecule has 0 unspecified atom stereocenters. The van der Waals surface area contributed by atoms with Crippen LogP contribution in [0.25, 0.3) is 21.1 Å². The van der Waals surface area contributed by atoms with Crippen molar-refractivity contribution in [2.75, 3.05) is 0 Å². The highest BCUT2D eigenvalue weighted by Gasteiger charge is 2.15. The number of halogens is 1. The fraction of sp³-hybridized carbons (Fsp3) is 0.211. The predicted octanol–water partition coefficient (Wildman–Crippen LogP) is 5.24. The van der Waals surface area contributed by atoms with Crippen molar-refractivity contribution < 1.29 is 9.53 Å². The number of carbonyl (C=O) groups excluding carboxylic acids is 1. The molecule has 7 heteroatoms. The van der Waals surface area contributed by atoms with E-state index in [0.717, 1.165) is 26.0 Å². The Balaban J connectivity index is 1.54. The van der Waals surface area contributed by atoms with E-state index < -0.39 is 5.97 Å². The molecule has 4 aromatic rings. The van der Waals surface area contributed by atoms with E-state index in [9.17, 15) is 4.79 Å². The fourth-order valence-corrected chi connectivity index (χ4v) is 4.20. The molecular formula is C19H16ClN3O2S. The smallest absolute Gasteiger partial charge is 0.340 e. The molecule has 0 N–H and O–H groups in total. The summed E-state index contributed by atoms with van der Waals surface area (Å²) in [5, 5.41) is 6.75. The molecule has 0 aliphatic carbocycles. The second-order valence-corrected chi connectivity index (χ2v) is 7.75. The van der Waals surface area contributed by atoms with Gasteiger partial charge in [-0.25, -0.2) is 14.5 Å². The van der Waals surface area contributed by atoms with Crippen LogP contribution in [-0.2, 0) is 11.3 Å². The minimum Gasteiger partial charge on any atom is -0.456 e. The summed E-state index contributed by atoms with van der Waals surface area (Å²) in [7, 11) is 0. The second-order valence-electron chi connectivity index (χ2n) is 6.23. The van der Waals surface area contributed by atoms with E-state index in [0.29, 0.717) is 10.6 Å². The van der Waals surface area contributed by atoms with E-state index in [4.69, 9.17) is 16.3 Å². The number of nitrogens with zero attached hydrogens (tertiary/aromatic N) is 3. The van der Waals surface area contributed by atoms with Crippen LogP contribution in [-0.4, -0.2) is 20.7 Å². The normalized spacial score (nSPS) is 11.5. The number of thiophene rings is 1. The van der Waals surface area contributed by atoms with Gasteiger partial charge in [0.15, 0.2) is 5.65 Å². The summed E-state index contributed by atoms with van der Waals surface area (Å²) in [5.41, 5.74) is 1.15. The zero-order valence-corrected chi connectivity index (χ0v) is 15.8. The van der Waals surface area contributed by atoms with Gasteiger partial charge in [0.05, 0.1) is 21.7 Å². The Labute approximate surface area is 159 Å². The standard InChI is InChI=1S/C19H16ClN3O2S/c1-11(2)23-18-12(9-22-23)7-13(8-21-18)19(24)25-10-16-17(20)14-5-3-4-6-15(14)26-16/h3-9,11H,10H2,1-2H3. The van der Waals surface area contributed by atoms with Crippen molar-refractivity contribution in [3.05, 3.63) is 58.2 Å². The maximum atomic E-state index is 12.4. The van der Waals surface area contributed by atoms with Crippen molar-refractivity contribution >= 4 is 50.0 Å². The number of benzene rings is 1. The summed E-state index contributed by atoms with van der Waals surface area (Å²) in [5.74, 6) is -0.426. The van der Waals surface area contributed by atoms with E-state index in [2.05, 4.69) is 10.1 Å². The zero-order chi connectivity index (χ0) is 18.3. The number of hydrogen-bond donors (Lipinski definition) is 0. The van der Waals surface area contributed by atoms with Gasteiger partial charge >= 0.3 is 5.97 Å². The first-order valence-corrected chi connectivity index (χ1v) is 9.40. The Morgan fingerprint density at radius 2 is 2.12 bits per heavy atom. The molecule has 0 aliphatic rings. The first-order chi connectivity index (χ1) is 12.5. The summed E-state index contributed by atoms with van der Waals surface area (Å²) in [6, 6.07) is 9.82. The van der Waals surface area contributed by atoms with Crippen molar-refractivity contribution in [2.45, 2.75) is 26.5 Å². The van der Waals surface area contributed by atoms with Crippen LogP contribution in [0.5, 0.6) is 0 Å². The van der Waals surface area contributed by atoms with Gasteiger partial charge in [-0.15, -0.1) is 11.3 Å². The summed E-state index contributed by atoms with van der Waals surface area (Å²) >= 11 is 7.92. The van der Waals surface area contributed by atoms with E-state index in [1.807, 2.05) is 42.8 Å². The van der Waals surface area contributed by atoms with E-state index in [-0.39, 0.29) is 12.6 Å². The summed E-state index contributed by atoms with van der Waals surface area (Å²) in [6.45, 7) is 4.20. The Morgan fingerprint density at radius 1 is 1.31 bits per heavy atom. The molecule has 0 radical (unpaired) electrons. The molecule has 0 saturated carbocycles. The average molecular weight is 386 g/mol. The van der Waals surface area contributed by atoms with Crippen LogP contribution in [0.1, 0.15) is 35.1 Å². The lowest BCUT2D eigenvalue weighted by molar-refractivity contribution is 0.0476. The molecule has 132 valence electrons. The van der Waals surface area contributed by atoms with Crippen molar-refractivity contribution in [3.8, 4) is 0 Å². The number of carbonyl (C=O) groups is 1. The molecule has 0 fully saturated rings. The number of esters is 1. The van der Waals surface area contributed by atoms with Crippen LogP contribution >= 0.6 is 22.9 Å². The van der Waals surface area contributed by atoms with Crippen LogP contribution in [0.4, 0.5) is 0 Å². The minimum atomic E-state index is -0.426. The lowest BCUT2D eigenvalue weighted by atomic mass is 10.2. The minimum absolute atomic E-state index is 0.139. The van der Waals surface area contributed by atoms with Crippen LogP contribution < -0.4 is 0 Å². The van der Waals surface area contributed by atoms with Gasteiger partial charge in [0.1, 0.15) is 6.61 Å². The van der Waals surface area contributed by atoms with Crippen molar-refractivity contribution in [2.24, 2.45) is 0 Å². The average Bonchev–Trinajstić information content (AvgIpc) is 3.21. The molecule has 3 heterocycles. The summed E-state index contributed by atoms with van der Waals surface area (Å²) in [4.78, 5) is 17.6. The molecule has 0 saturated heterocycles. The van der Waals surface area contributed by atoms with Gasteiger partial charge < -0.3 is 4.74 Å². The molecule has 3 aromatic heterocycles. The molecule has 0 atom stereocenters. The van der Waals surface area contributed by atoms with Gasteiger partial charge in [-0.2, -0.15) is 5.10 Å². The van der Waals surface area contributed by atoms with Gasteiger partial charge in [-0.3, -0.25) is 0 Å². The highest BCUT2D eigenvalue weighted by Crippen LogP contribution is 2.35. The Hall–Kier alpha value is -2.44. The maximum Gasteiger partial charge on any atom is 0.340 e. The van der Waals surface area contributed by atoms with E-state index in [1.165, 1.54) is 17.5 Å². The van der Waals surface area contributed by atoms with E-state index in [1.54, 1.807) is 12.3 Å². The number of ether oxygens (including phenoxy) is 1. The van der Waals surface area contributed by atoms with Gasteiger partial charge in [0.25, 0.3) is 0 Å². The van der Waals surface area contributed by atoms with Crippen LogP contribution in [0, 0.1) is 0 Å². The molecule has 0 bridgehead atoms.